The van der Waals surface area contributed by atoms with Crippen LogP contribution in [0.3, 0.4) is 0 Å². The molecule has 8 nitrogen and oxygen atoms in total. The van der Waals surface area contributed by atoms with Gasteiger partial charge >= 0.3 is 6.18 Å². The quantitative estimate of drug-likeness (QED) is 0.321. The minimum Gasteiger partial charge on any atom is -0.492 e. The lowest BCUT2D eigenvalue weighted by Crippen LogP contribution is -2.56. The van der Waals surface area contributed by atoms with E-state index in [1.807, 2.05) is 4.90 Å². The van der Waals surface area contributed by atoms with Gasteiger partial charge in [-0.2, -0.15) is 13.2 Å². The van der Waals surface area contributed by atoms with Crippen molar-refractivity contribution < 1.29 is 37.3 Å². The Morgan fingerprint density at radius 2 is 1.90 bits per heavy atom. The van der Waals surface area contributed by atoms with Gasteiger partial charge in [-0.05, 0) is 76.9 Å². The third-order valence-corrected chi connectivity index (χ3v) is 8.35. The second-order valence-electron chi connectivity index (χ2n) is 12.1. The number of carbonyl (C=O) groups is 1. The lowest BCUT2D eigenvalue weighted by molar-refractivity contribution is -0.217. The molecule has 12 heteroatoms. The summed E-state index contributed by atoms with van der Waals surface area (Å²) in [5.41, 5.74) is 3.39. The van der Waals surface area contributed by atoms with Crippen molar-refractivity contribution in [2.45, 2.75) is 64.1 Å². The average Bonchev–Trinajstić information content (AvgIpc) is 3.22. The van der Waals surface area contributed by atoms with Crippen LogP contribution in [-0.2, 0) is 0 Å². The monoisotopic (exact) mass is 582 g/mol. The molecule has 0 bridgehead atoms. The molecule has 1 aromatic carbocycles. The molecule has 3 heterocycles. The Morgan fingerprint density at radius 3 is 2.46 bits per heavy atom. The van der Waals surface area contributed by atoms with Gasteiger partial charge in [0, 0.05) is 25.1 Å². The number of rotatable bonds is 8. The number of β-amino-alcohol motifs (C(OH)–C–C–N with tert-alkyl or cyclic N) is 1. The van der Waals surface area contributed by atoms with Gasteiger partial charge in [0.05, 0.1) is 41.1 Å². The zero-order valence-electron chi connectivity index (χ0n) is 23.5. The zero-order chi connectivity index (χ0) is 30.2. The van der Waals surface area contributed by atoms with E-state index in [1.54, 1.807) is 25.1 Å². The van der Waals surface area contributed by atoms with E-state index < -0.39 is 41.2 Å². The number of aromatic nitrogens is 1. The van der Waals surface area contributed by atoms with Gasteiger partial charge in [-0.3, -0.25) is 9.78 Å². The van der Waals surface area contributed by atoms with Crippen LogP contribution in [0.1, 0.15) is 50.4 Å². The van der Waals surface area contributed by atoms with Crippen LogP contribution in [0.25, 0.3) is 11.3 Å². The highest BCUT2D eigenvalue weighted by atomic mass is 19.4. The molecule has 0 radical (unpaired) electrons. The zero-order valence-corrected chi connectivity index (χ0v) is 23.5. The summed E-state index contributed by atoms with van der Waals surface area (Å²) < 4.78 is 60.5. The Hall–Kier alpha value is -2.80. The number of nitrogens with zero attached hydrogens (tertiary/aromatic N) is 3. The number of alkyl halides is 3. The van der Waals surface area contributed by atoms with E-state index in [9.17, 15) is 28.2 Å². The molecule has 2 aromatic rings. The van der Waals surface area contributed by atoms with Crippen LogP contribution in [0.5, 0.6) is 5.75 Å². The van der Waals surface area contributed by atoms with Crippen molar-refractivity contribution >= 4 is 5.91 Å². The SMILES string of the molecule is CC1(C(N)O)CC(O)CN1C(=O)c1ccc(-c2ccc(OCC3CCN(CC(C)(C)C(F)(F)F)CC3)cn2)cc1F. The Balaban J connectivity index is 1.32. The smallest absolute Gasteiger partial charge is 0.395 e. The van der Waals surface area contributed by atoms with Crippen molar-refractivity contribution in [1.29, 1.82) is 0 Å². The van der Waals surface area contributed by atoms with Crippen LogP contribution in [0.2, 0.25) is 0 Å². The molecule has 1 amide bonds. The number of hydrogen-bond acceptors (Lipinski definition) is 7. The topological polar surface area (TPSA) is 112 Å². The average molecular weight is 583 g/mol. The van der Waals surface area contributed by atoms with Gasteiger partial charge in [0.1, 0.15) is 17.8 Å². The first kappa shape index (κ1) is 31.1. The van der Waals surface area contributed by atoms with Crippen molar-refractivity contribution in [1.82, 2.24) is 14.8 Å². The van der Waals surface area contributed by atoms with E-state index in [0.29, 0.717) is 36.7 Å². The maximum Gasteiger partial charge on any atom is 0.395 e. The maximum atomic E-state index is 15.1. The van der Waals surface area contributed by atoms with Crippen LogP contribution in [-0.4, -0.2) is 87.7 Å². The number of piperidine rings is 1. The van der Waals surface area contributed by atoms with Gasteiger partial charge in [0.15, 0.2) is 0 Å². The number of aliphatic hydroxyl groups is 2. The predicted molar refractivity (Wildman–Crippen MR) is 144 cm³/mol. The Bertz CT molecular complexity index is 1220. The van der Waals surface area contributed by atoms with E-state index in [2.05, 4.69) is 4.98 Å². The molecule has 4 rings (SSSR count). The number of likely N-dealkylation sites (tertiary alicyclic amines) is 2. The predicted octanol–water partition coefficient (Wildman–Crippen LogP) is 3.81. The summed E-state index contributed by atoms with van der Waals surface area (Å²) >= 11 is 0. The van der Waals surface area contributed by atoms with Gasteiger partial charge < -0.3 is 30.5 Å². The molecule has 0 saturated carbocycles. The fourth-order valence-electron chi connectivity index (χ4n) is 5.47. The normalized spacial score (nSPS) is 23.6. The summed E-state index contributed by atoms with van der Waals surface area (Å²) in [6, 6.07) is 7.49. The van der Waals surface area contributed by atoms with Crippen molar-refractivity contribution in [3.05, 3.63) is 47.9 Å². The van der Waals surface area contributed by atoms with Crippen molar-refractivity contribution in [2.24, 2.45) is 17.1 Å². The molecule has 3 atom stereocenters. The molecule has 0 spiro atoms. The minimum atomic E-state index is -4.24. The number of aliphatic hydroxyl groups excluding tert-OH is 2. The number of ether oxygens (including phenoxy) is 1. The summed E-state index contributed by atoms with van der Waals surface area (Å²) in [6.45, 7) is 5.50. The molecule has 1 aromatic heterocycles. The summed E-state index contributed by atoms with van der Waals surface area (Å²) in [5.74, 6) is -0.703. The van der Waals surface area contributed by atoms with Crippen LogP contribution in [0, 0.1) is 17.2 Å². The van der Waals surface area contributed by atoms with Crippen LogP contribution in [0.15, 0.2) is 36.5 Å². The van der Waals surface area contributed by atoms with Gasteiger partial charge in [-0.25, -0.2) is 4.39 Å². The summed E-state index contributed by atoms with van der Waals surface area (Å²) in [6.07, 6.45) is -3.45. The molecule has 0 aliphatic carbocycles. The van der Waals surface area contributed by atoms with E-state index in [0.717, 1.165) is 12.8 Å². The van der Waals surface area contributed by atoms with E-state index in [4.69, 9.17) is 10.5 Å². The van der Waals surface area contributed by atoms with Gasteiger partial charge in [-0.15, -0.1) is 0 Å². The molecule has 2 fully saturated rings. The van der Waals surface area contributed by atoms with Crippen LogP contribution >= 0.6 is 0 Å². The highest BCUT2D eigenvalue weighted by molar-refractivity contribution is 5.95. The van der Waals surface area contributed by atoms with E-state index >= 15 is 4.39 Å². The first-order valence-corrected chi connectivity index (χ1v) is 13.7. The minimum absolute atomic E-state index is 0.0250. The lowest BCUT2D eigenvalue weighted by Gasteiger charge is -2.38. The molecule has 41 heavy (non-hydrogen) atoms. The molecule has 3 unspecified atom stereocenters. The number of halogens is 4. The van der Waals surface area contributed by atoms with Crippen LogP contribution in [0.4, 0.5) is 17.6 Å². The van der Waals surface area contributed by atoms with E-state index in [1.165, 1.54) is 37.1 Å². The number of benzene rings is 1. The number of pyridine rings is 1. The molecular weight excluding hydrogens is 544 g/mol. The standard InChI is InChI=1S/C29H38F4N4O4/c1-27(2,29(31,32)33)17-36-10-8-18(9-11-36)16-41-21-5-7-24(35-14-21)19-4-6-22(23(30)12-19)25(39)37-15-20(38)13-28(37,3)26(34)40/h4-7,12,14,18,20,26,38,40H,8-11,13,15-17,34H2,1-3H3. The number of hydrogen-bond donors (Lipinski definition) is 3. The third kappa shape index (κ3) is 6.82. The summed E-state index contributed by atoms with van der Waals surface area (Å²) in [4.78, 5) is 20.5. The van der Waals surface area contributed by atoms with Gasteiger partial charge in [-0.1, -0.05) is 6.07 Å². The summed E-state index contributed by atoms with van der Waals surface area (Å²) in [7, 11) is 0. The first-order chi connectivity index (χ1) is 19.1. The van der Waals surface area contributed by atoms with Gasteiger partial charge in [0.25, 0.3) is 5.91 Å². The van der Waals surface area contributed by atoms with Crippen molar-refractivity contribution in [3.8, 4) is 17.0 Å². The molecule has 2 aliphatic heterocycles. The largest absolute Gasteiger partial charge is 0.492 e. The van der Waals surface area contributed by atoms with Crippen LogP contribution < -0.4 is 10.5 Å². The lowest BCUT2D eigenvalue weighted by atomic mass is 9.89. The summed E-state index contributed by atoms with van der Waals surface area (Å²) in [5, 5.41) is 20.0. The van der Waals surface area contributed by atoms with E-state index in [-0.39, 0.29) is 31.0 Å². The van der Waals surface area contributed by atoms with Crippen molar-refractivity contribution in [3.63, 3.8) is 0 Å². The number of amides is 1. The second-order valence-corrected chi connectivity index (χ2v) is 12.1. The highest BCUT2D eigenvalue weighted by Gasteiger charge is 2.49. The Morgan fingerprint density at radius 1 is 1.22 bits per heavy atom. The molecular formula is C29H38F4N4O4. The Labute approximate surface area is 237 Å². The molecule has 2 saturated heterocycles. The fraction of sp³-hybridized carbons (Fsp3) is 0.586. The maximum absolute atomic E-state index is 15.1. The molecule has 226 valence electrons. The Kier molecular flexibility index (Phi) is 8.98. The number of carbonyl (C=O) groups excluding carboxylic acids is 1. The van der Waals surface area contributed by atoms with Crippen molar-refractivity contribution in [2.75, 3.05) is 32.8 Å². The first-order valence-electron chi connectivity index (χ1n) is 13.7. The van der Waals surface area contributed by atoms with Gasteiger partial charge in [0.2, 0.25) is 0 Å². The molecule has 4 N–H and O–H groups in total. The second kappa shape index (κ2) is 11.8. The number of nitrogens with two attached hydrogens (primary N) is 1. The third-order valence-electron chi connectivity index (χ3n) is 8.35. The molecule has 2 aliphatic rings. The highest BCUT2D eigenvalue weighted by Crippen LogP contribution is 2.39. The fourth-order valence-corrected chi connectivity index (χ4v) is 5.47.